The molecule has 4 aromatic rings. The van der Waals surface area contributed by atoms with Gasteiger partial charge >= 0.3 is 0 Å². The van der Waals surface area contributed by atoms with Gasteiger partial charge in [-0.05, 0) is 54.1 Å². The Morgan fingerprint density at radius 3 is 2.32 bits per heavy atom. The van der Waals surface area contributed by atoms with E-state index in [0.29, 0.717) is 16.3 Å². The number of benzene rings is 2. The normalized spacial score (nSPS) is 10.6. The lowest BCUT2D eigenvalue weighted by Gasteiger charge is -2.10. The molecular weight excluding hydrogens is 390 g/mol. The minimum Gasteiger partial charge on any atom is -0.270 e. The average molecular weight is 404 g/mol. The van der Waals surface area contributed by atoms with Crippen LogP contribution in [0.2, 0.25) is 5.02 Å². The Kier molecular flexibility index (Phi) is 5.38. The Hall–Kier alpha value is -3.14. The number of nitrogens with zero attached hydrogens (tertiary/aromatic N) is 5. The fourth-order valence-electron chi connectivity index (χ4n) is 2.70. The van der Waals surface area contributed by atoms with Crippen molar-refractivity contribution in [2.45, 2.75) is 10.9 Å². The maximum Gasteiger partial charge on any atom is 0.196 e. The van der Waals surface area contributed by atoms with E-state index in [4.69, 9.17) is 16.9 Å². The molecule has 0 aliphatic heterocycles. The van der Waals surface area contributed by atoms with E-state index < -0.39 is 0 Å². The van der Waals surface area contributed by atoms with Crippen molar-refractivity contribution in [2.24, 2.45) is 0 Å². The highest BCUT2D eigenvalue weighted by Crippen LogP contribution is 2.30. The van der Waals surface area contributed by atoms with Crippen LogP contribution in [-0.4, -0.2) is 19.7 Å². The van der Waals surface area contributed by atoms with Crippen LogP contribution in [0.25, 0.3) is 17.1 Å². The predicted molar refractivity (Wildman–Crippen MR) is 110 cm³/mol. The summed E-state index contributed by atoms with van der Waals surface area (Å²) in [6.45, 7) is 0. The van der Waals surface area contributed by atoms with Crippen LogP contribution in [0.1, 0.15) is 11.1 Å². The molecule has 0 saturated heterocycles. The number of thioether (sulfide) groups is 1. The van der Waals surface area contributed by atoms with Gasteiger partial charge in [-0.15, -0.1) is 10.2 Å². The van der Waals surface area contributed by atoms with Gasteiger partial charge in [0.05, 0.1) is 11.6 Å². The van der Waals surface area contributed by atoms with E-state index in [0.717, 1.165) is 27.8 Å². The molecule has 0 amide bonds. The number of nitriles is 1. The van der Waals surface area contributed by atoms with Gasteiger partial charge in [-0.25, -0.2) is 0 Å². The smallest absolute Gasteiger partial charge is 0.196 e. The molecule has 2 aromatic carbocycles. The van der Waals surface area contributed by atoms with E-state index in [1.165, 1.54) is 0 Å². The molecule has 0 saturated carbocycles. The number of pyridine rings is 1. The van der Waals surface area contributed by atoms with Gasteiger partial charge in [0.1, 0.15) is 0 Å². The molecule has 2 aromatic heterocycles. The second-order valence-electron chi connectivity index (χ2n) is 5.95. The van der Waals surface area contributed by atoms with E-state index in [9.17, 15) is 0 Å². The number of aromatic nitrogens is 4. The van der Waals surface area contributed by atoms with Crippen LogP contribution in [0.5, 0.6) is 0 Å². The van der Waals surface area contributed by atoms with Crippen molar-refractivity contribution in [3.63, 3.8) is 0 Å². The van der Waals surface area contributed by atoms with Crippen molar-refractivity contribution in [3.8, 4) is 23.1 Å². The summed E-state index contributed by atoms with van der Waals surface area (Å²) in [7, 11) is 0. The fourth-order valence-corrected chi connectivity index (χ4v) is 3.73. The van der Waals surface area contributed by atoms with Gasteiger partial charge in [0.15, 0.2) is 11.0 Å². The summed E-state index contributed by atoms with van der Waals surface area (Å²) in [5.74, 6) is 1.46. The Labute approximate surface area is 171 Å². The second-order valence-corrected chi connectivity index (χ2v) is 7.33. The van der Waals surface area contributed by atoms with Crippen molar-refractivity contribution >= 4 is 23.4 Å². The zero-order chi connectivity index (χ0) is 19.3. The van der Waals surface area contributed by atoms with E-state index in [2.05, 4.69) is 21.3 Å². The summed E-state index contributed by atoms with van der Waals surface area (Å²) in [4.78, 5) is 4.08. The van der Waals surface area contributed by atoms with Gasteiger partial charge in [0, 0.05) is 34.4 Å². The summed E-state index contributed by atoms with van der Waals surface area (Å²) in [6.07, 6.45) is 3.47. The van der Waals surface area contributed by atoms with Crippen LogP contribution < -0.4 is 0 Å². The van der Waals surface area contributed by atoms with Crippen molar-refractivity contribution in [1.82, 2.24) is 19.7 Å². The minimum absolute atomic E-state index is 0.651. The molecule has 7 heteroatoms. The third kappa shape index (κ3) is 3.91. The first-order chi connectivity index (χ1) is 13.7. The Morgan fingerprint density at radius 2 is 1.64 bits per heavy atom. The highest BCUT2D eigenvalue weighted by atomic mass is 35.5. The molecule has 28 heavy (non-hydrogen) atoms. The molecule has 0 spiro atoms. The van der Waals surface area contributed by atoms with Crippen molar-refractivity contribution in [3.05, 3.63) is 89.2 Å². The number of rotatable bonds is 5. The highest BCUT2D eigenvalue weighted by Gasteiger charge is 2.16. The van der Waals surface area contributed by atoms with Crippen molar-refractivity contribution < 1.29 is 0 Å². The van der Waals surface area contributed by atoms with Crippen LogP contribution in [0.15, 0.2) is 78.2 Å². The van der Waals surface area contributed by atoms with E-state index >= 15 is 0 Å². The largest absolute Gasteiger partial charge is 0.270 e. The molecule has 0 fully saturated rings. The van der Waals surface area contributed by atoms with Crippen molar-refractivity contribution in [2.75, 3.05) is 0 Å². The maximum absolute atomic E-state index is 8.94. The van der Waals surface area contributed by atoms with Crippen molar-refractivity contribution in [1.29, 1.82) is 5.26 Å². The average Bonchev–Trinajstić information content (AvgIpc) is 3.18. The summed E-state index contributed by atoms with van der Waals surface area (Å²) in [5, 5.41) is 19.2. The summed E-state index contributed by atoms with van der Waals surface area (Å²) < 4.78 is 2.01. The lowest BCUT2D eigenvalue weighted by Crippen LogP contribution is -1.99. The first-order valence-corrected chi connectivity index (χ1v) is 9.84. The third-order valence-electron chi connectivity index (χ3n) is 4.11. The van der Waals surface area contributed by atoms with Crippen LogP contribution in [-0.2, 0) is 5.75 Å². The zero-order valence-corrected chi connectivity index (χ0v) is 16.2. The molecular formula is C21H14ClN5S. The van der Waals surface area contributed by atoms with Crippen LogP contribution in [0.4, 0.5) is 0 Å². The monoisotopic (exact) mass is 403 g/mol. The standard InChI is InChI=1S/C21H14ClN5S/c22-18-5-7-19(8-6-18)27-20(17-9-11-24-12-10-17)25-26-21(27)28-14-16-3-1-15(13-23)2-4-16/h1-12H,14H2. The van der Waals surface area contributed by atoms with Gasteiger partial charge in [-0.1, -0.05) is 35.5 Å². The first-order valence-electron chi connectivity index (χ1n) is 8.48. The van der Waals surface area contributed by atoms with E-state index in [1.54, 1.807) is 24.2 Å². The molecule has 0 N–H and O–H groups in total. The van der Waals surface area contributed by atoms with Gasteiger partial charge in [0.2, 0.25) is 0 Å². The molecule has 0 atom stereocenters. The third-order valence-corrected chi connectivity index (χ3v) is 5.36. The Bertz CT molecular complexity index is 1120. The molecule has 2 heterocycles. The molecule has 0 unspecified atom stereocenters. The van der Waals surface area contributed by atoms with Crippen LogP contribution in [0, 0.1) is 11.3 Å². The maximum atomic E-state index is 8.94. The number of hydrogen-bond acceptors (Lipinski definition) is 5. The summed E-state index contributed by atoms with van der Waals surface area (Å²) in [6, 6.07) is 21.1. The van der Waals surface area contributed by atoms with Crippen LogP contribution >= 0.6 is 23.4 Å². The van der Waals surface area contributed by atoms with Gasteiger partial charge < -0.3 is 0 Å². The molecule has 0 radical (unpaired) electrons. The lowest BCUT2D eigenvalue weighted by atomic mass is 10.2. The quantitative estimate of drug-likeness (QED) is 0.431. The summed E-state index contributed by atoms with van der Waals surface area (Å²) >= 11 is 7.64. The van der Waals surface area contributed by atoms with E-state index in [1.807, 2.05) is 65.2 Å². The number of hydrogen-bond donors (Lipinski definition) is 0. The SMILES string of the molecule is N#Cc1ccc(CSc2nnc(-c3ccncc3)n2-c2ccc(Cl)cc2)cc1. The minimum atomic E-state index is 0.651. The Balaban J connectivity index is 1.69. The highest BCUT2D eigenvalue weighted by molar-refractivity contribution is 7.98. The first kappa shape index (κ1) is 18.2. The molecule has 5 nitrogen and oxygen atoms in total. The molecule has 0 aliphatic carbocycles. The molecule has 4 rings (SSSR count). The molecule has 136 valence electrons. The van der Waals surface area contributed by atoms with E-state index in [-0.39, 0.29) is 0 Å². The second kappa shape index (κ2) is 8.26. The fraction of sp³-hybridized carbons (Fsp3) is 0.0476. The molecule has 0 aliphatic rings. The molecule has 0 bridgehead atoms. The van der Waals surface area contributed by atoms with Crippen LogP contribution in [0.3, 0.4) is 0 Å². The van der Waals surface area contributed by atoms with Gasteiger partial charge in [-0.3, -0.25) is 9.55 Å². The lowest BCUT2D eigenvalue weighted by molar-refractivity contribution is 0.886. The predicted octanol–water partition coefficient (Wildman–Crippen LogP) is 5.15. The number of halogens is 1. The van der Waals surface area contributed by atoms with Gasteiger partial charge in [0.25, 0.3) is 0 Å². The topological polar surface area (TPSA) is 67.4 Å². The van der Waals surface area contributed by atoms with Gasteiger partial charge in [-0.2, -0.15) is 5.26 Å². The Morgan fingerprint density at radius 1 is 0.929 bits per heavy atom. The zero-order valence-electron chi connectivity index (χ0n) is 14.7. The summed E-state index contributed by atoms with van der Waals surface area (Å²) in [5.41, 5.74) is 3.63.